The SMILES string of the molecule is CC(C)C(C)Oc1nnc(CCl)s1. The summed E-state index contributed by atoms with van der Waals surface area (Å²) in [6.45, 7) is 6.23. The molecule has 0 aliphatic rings. The van der Waals surface area contributed by atoms with Crippen LogP contribution in [0.2, 0.25) is 0 Å². The van der Waals surface area contributed by atoms with Gasteiger partial charge in [-0.2, -0.15) is 0 Å². The van der Waals surface area contributed by atoms with E-state index in [1.54, 1.807) is 0 Å². The van der Waals surface area contributed by atoms with Gasteiger partial charge in [-0.25, -0.2) is 0 Å². The quantitative estimate of drug-likeness (QED) is 0.732. The fourth-order valence-electron chi connectivity index (χ4n) is 0.635. The van der Waals surface area contributed by atoms with Crippen molar-refractivity contribution in [1.82, 2.24) is 10.2 Å². The zero-order valence-corrected chi connectivity index (χ0v) is 9.52. The summed E-state index contributed by atoms with van der Waals surface area (Å²) in [5.74, 6) is 0.875. The Morgan fingerprint density at radius 3 is 2.54 bits per heavy atom. The number of nitrogens with zero attached hydrogens (tertiary/aromatic N) is 2. The molecule has 0 N–H and O–H groups in total. The summed E-state index contributed by atoms with van der Waals surface area (Å²) in [5.41, 5.74) is 0. The smallest absolute Gasteiger partial charge is 0.294 e. The average Bonchev–Trinajstić information content (AvgIpc) is 2.52. The van der Waals surface area contributed by atoms with Crippen LogP contribution in [0.1, 0.15) is 25.8 Å². The van der Waals surface area contributed by atoms with E-state index >= 15 is 0 Å². The molecule has 3 nitrogen and oxygen atoms in total. The minimum absolute atomic E-state index is 0.163. The lowest BCUT2D eigenvalue weighted by Crippen LogP contribution is -2.18. The monoisotopic (exact) mass is 220 g/mol. The van der Waals surface area contributed by atoms with Gasteiger partial charge >= 0.3 is 0 Å². The molecule has 1 rings (SSSR count). The Morgan fingerprint density at radius 2 is 2.08 bits per heavy atom. The third-order valence-electron chi connectivity index (χ3n) is 1.79. The maximum Gasteiger partial charge on any atom is 0.294 e. The molecule has 0 spiro atoms. The van der Waals surface area contributed by atoms with Gasteiger partial charge in [-0.3, -0.25) is 0 Å². The highest BCUT2D eigenvalue weighted by molar-refractivity contribution is 7.13. The van der Waals surface area contributed by atoms with E-state index in [4.69, 9.17) is 16.3 Å². The Bertz CT molecular complexity index is 264. The summed E-state index contributed by atoms with van der Waals surface area (Å²) in [7, 11) is 0. The van der Waals surface area contributed by atoms with Gasteiger partial charge in [0.25, 0.3) is 5.19 Å². The van der Waals surface area contributed by atoms with Crippen LogP contribution >= 0.6 is 22.9 Å². The fourth-order valence-corrected chi connectivity index (χ4v) is 1.47. The molecular formula is C8H13ClN2OS. The second-order valence-corrected chi connectivity index (χ2v) is 4.45. The van der Waals surface area contributed by atoms with Crippen molar-refractivity contribution in [2.45, 2.75) is 32.8 Å². The summed E-state index contributed by atoms with van der Waals surface area (Å²) in [5, 5.41) is 9.14. The van der Waals surface area contributed by atoms with Crippen LogP contribution in [0.5, 0.6) is 5.19 Å². The second-order valence-electron chi connectivity index (χ2n) is 3.16. The van der Waals surface area contributed by atoms with E-state index in [2.05, 4.69) is 24.0 Å². The number of hydrogen-bond donors (Lipinski definition) is 0. The van der Waals surface area contributed by atoms with Crippen LogP contribution in [0.15, 0.2) is 0 Å². The third kappa shape index (κ3) is 3.12. The molecule has 0 saturated heterocycles. The van der Waals surface area contributed by atoms with Crippen molar-refractivity contribution < 1.29 is 4.74 Å². The molecule has 1 aromatic rings. The van der Waals surface area contributed by atoms with Crippen LogP contribution in [-0.2, 0) is 5.88 Å². The van der Waals surface area contributed by atoms with Crippen molar-refractivity contribution in [3.63, 3.8) is 0 Å². The first-order valence-electron chi connectivity index (χ1n) is 4.18. The first-order valence-corrected chi connectivity index (χ1v) is 5.53. The van der Waals surface area contributed by atoms with E-state index in [0.717, 1.165) is 5.01 Å². The number of alkyl halides is 1. The molecule has 0 saturated carbocycles. The van der Waals surface area contributed by atoms with Gasteiger partial charge in [-0.05, 0) is 12.8 Å². The standard InChI is InChI=1S/C8H13ClN2OS/c1-5(2)6(3)12-8-11-10-7(4-9)13-8/h5-6H,4H2,1-3H3. The normalized spacial score (nSPS) is 13.3. The van der Waals surface area contributed by atoms with Crippen LogP contribution in [0, 0.1) is 5.92 Å². The molecule has 13 heavy (non-hydrogen) atoms. The number of aromatic nitrogens is 2. The number of ether oxygens (including phenoxy) is 1. The lowest BCUT2D eigenvalue weighted by atomic mass is 10.1. The lowest BCUT2D eigenvalue weighted by Gasteiger charge is -2.14. The zero-order chi connectivity index (χ0) is 9.84. The molecular weight excluding hydrogens is 208 g/mol. The third-order valence-corrected chi connectivity index (χ3v) is 3.01. The highest BCUT2D eigenvalue weighted by Gasteiger charge is 2.11. The minimum atomic E-state index is 0.163. The number of hydrogen-bond acceptors (Lipinski definition) is 4. The molecule has 0 aliphatic carbocycles. The maximum absolute atomic E-state index is 5.59. The van der Waals surface area contributed by atoms with Crippen molar-refractivity contribution in [2.24, 2.45) is 5.92 Å². The fraction of sp³-hybridized carbons (Fsp3) is 0.750. The molecule has 1 atom stereocenters. The molecule has 0 amide bonds. The number of rotatable bonds is 4. The summed E-state index contributed by atoms with van der Waals surface area (Å²) >= 11 is 6.99. The van der Waals surface area contributed by atoms with E-state index in [1.165, 1.54) is 11.3 Å². The minimum Gasteiger partial charge on any atom is -0.466 e. The van der Waals surface area contributed by atoms with Crippen molar-refractivity contribution in [1.29, 1.82) is 0 Å². The van der Waals surface area contributed by atoms with Gasteiger partial charge in [0.15, 0.2) is 0 Å². The lowest BCUT2D eigenvalue weighted by molar-refractivity contribution is 0.168. The van der Waals surface area contributed by atoms with Crippen LogP contribution in [0.4, 0.5) is 0 Å². The summed E-state index contributed by atoms with van der Waals surface area (Å²) in [6.07, 6.45) is 0.163. The van der Waals surface area contributed by atoms with Gasteiger partial charge in [0.05, 0.1) is 5.88 Å². The van der Waals surface area contributed by atoms with Crippen molar-refractivity contribution >= 4 is 22.9 Å². The Hall–Kier alpha value is -0.350. The zero-order valence-electron chi connectivity index (χ0n) is 7.95. The van der Waals surface area contributed by atoms with Crippen molar-refractivity contribution in [3.05, 3.63) is 5.01 Å². The molecule has 1 unspecified atom stereocenters. The Morgan fingerprint density at radius 1 is 1.38 bits per heavy atom. The number of halogens is 1. The average molecular weight is 221 g/mol. The van der Waals surface area contributed by atoms with Gasteiger partial charge in [-0.1, -0.05) is 25.2 Å². The Kier molecular flexibility index (Phi) is 3.93. The van der Waals surface area contributed by atoms with E-state index in [-0.39, 0.29) is 6.10 Å². The first-order chi connectivity index (χ1) is 6.13. The van der Waals surface area contributed by atoms with E-state index < -0.39 is 0 Å². The van der Waals surface area contributed by atoms with Crippen LogP contribution in [-0.4, -0.2) is 16.3 Å². The molecule has 0 aromatic carbocycles. The Balaban J connectivity index is 2.53. The van der Waals surface area contributed by atoms with Crippen LogP contribution in [0.25, 0.3) is 0 Å². The van der Waals surface area contributed by atoms with Crippen molar-refractivity contribution in [3.8, 4) is 5.19 Å². The summed E-state index contributed by atoms with van der Waals surface area (Å²) < 4.78 is 5.54. The van der Waals surface area contributed by atoms with Crippen LogP contribution < -0.4 is 4.74 Å². The van der Waals surface area contributed by atoms with Crippen LogP contribution in [0.3, 0.4) is 0 Å². The molecule has 0 bridgehead atoms. The predicted octanol–water partition coefficient (Wildman–Crippen LogP) is 2.70. The molecule has 1 aromatic heterocycles. The summed E-state index contributed by atoms with van der Waals surface area (Å²) in [6, 6.07) is 0. The highest BCUT2D eigenvalue weighted by atomic mass is 35.5. The molecule has 1 heterocycles. The summed E-state index contributed by atoms with van der Waals surface area (Å²) in [4.78, 5) is 0. The molecule has 5 heteroatoms. The molecule has 0 radical (unpaired) electrons. The van der Waals surface area contributed by atoms with Gasteiger partial charge in [0, 0.05) is 0 Å². The van der Waals surface area contributed by atoms with Gasteiger partial charge in [-0.15, -0.1) is 21.8 Å². The van der Waals surface area contributed by atoms with E-state index in [9.17, 15) is 0 Å². The Labute approximate surface area is 87.1 Å². The largest absolute Gasteiger partial charge is 0.466 e. The topological polar surface area (TPSA) is 35.0 Å². The van der Waals surface area contributed by atoms with Gasteiger partial charge in [0.2, 0.25) is 0 Å². The second kappa shape index (κ2) is 4.77. The highest BCUT2D eigenvalue weighted by Crippen LogP contribution is 2.21. The first kappa shape index (κ1) is 10.7. The van der Waals surface area contributed by atoms with E-state index in [1.807, 2.05) is 6.92 Å². The van der Waals surface area contributed by atoms with Gasteiger partial charge < -0.3 is 4.74 Å². The predicted molar refractivity (Wildman–Crippen MR) is 54.4 cm³/mol. The van der Waals surface area contributed by atoms with Gasteiger partial charge in [0.1, 0.15) is 11.1 Å². The van der Waals surface area contributed by atoms with Crippen molar-refractivity contribution in [2.75, 3.05) is 0 Å². The molecule has 74 valence electrons. The molecule has 0 aliphatic heterocycles. The maximum atomic E-state index is 5.59. The van der Waals surface area contributed by atoms with E-state index in [0.29, 0.717) is 17.0 Å². The molecule has 0 fully saturated rings.